The van der Waals surface area contributed by atoms with Crippen molar-refractivity contribution in [3.05, 3.63) is 30.3 Å². The maximum absolute atomic E-state index is 12.9. The van der Waals surface area contributed by atoms with E-state index in [1.807, 2.05) is 56.0 Å². The summed E-state index contributed by atoms with van der Waals surface area (Å²) in [5, 5.41) is 2.96. The number of hydrogen-bond donors (Lipinski definition) is 1. The summed E-state index contributed by atoms with van der Waals surface area (Å²) in [6, 6.07) is 9.45. The molecule has 0 spiro atoms. The Labute approximate surface area is 178 Å². The minimum atomic E-state index is -0.513. The Morgan fingerprint density at radius 1 is 0.867 bits per heavy atom. The Kier molecular flexibility index (Phi) is 7.00. The molecule has 3 amide bonds. The Balaban J connectivity index is 1.42. The smallest absolute Gasteiger partial charge is 0.410 e. The van der Waals surface area contributed by atoms with Crippen molar-refractivity contribution in [2.75, 3.05) is 31.5 Å². The van der Waals surface area contributed by atoms with Crippen molar-refractivity contribution in [2.24, 2.45) is 11.8 Å². The highest BCUT2D eigenvalue weighted by Crippen LogP contribution is 2.25. The van der Waals surface area contributed by atoms with Gasteiger partial charge in [-0.25, -0.2) is 4.79 Å². The van der Waals surface area contributed by atoms with Gasteiger partial charge in [-0.05, 0) is 58.6 Å². The molecule has 0 unspecified atom stereocenters. The molecule has 0 saturated carbocycles. The van der Waals surface area contributed by atoms with E-state index in [0.717, 1.165) is 5.69 Å². The number of benzene rings is 1. The lowest BCUT2D eigenvalue weighted by Gasteiger charge is -2.37. The van der Waals surface area contributed by atoms with E-state index in [4.69, 9.17) is 4.74 Å². The van der Waals surface area contributed by atoms with Gasteiger partial charge in [-0.2, -0.15) is 0 Å². The number of hydrogen-bond acceptors (Lipinski definition) is 4. The lowest BCUT2D eigenvalue weighted by Crippen LogP contribution is -2.48. The summed E-state index contributed by atoms with van der Waals surface area (Å²) in [7, 11) is 0. The van der Waals surface area contributed by atoms with Gasteiger partial charge in [0.1, 0.15) is 5.60 Å². The van der Waals surface area contributed by atoms with Crippen molar-refractivity contribution in [1.29, 1.82) is 0 Å². The van der Waals surface area contributed by atoms with E-state index in [9.17, 15) is 14.4 Å². The number of rotatable bonds is 3. The average molecular weight is 416 g/mol. The van der Waals surface area contributed by atoms with Crippen LogP contribution in [0.1, 0.15) is 46.5 Å². The monoisotopic (exact) mass is 415 g/mol. The third-order valence-electron chi connectivity index (χ3n) is 5.71. The number of carbonyl (C=O) groups is 3. The number of para-hydroxylation sites is 1. The molecule has 0 aliphatic carbocycles. The van der Waals surface area contributed by atoms with Gasteiger partial charge < -0.3 is 19.9 Å². The van der Waals surface area contributed by atoms with Crippen molar-refractivity contribution in [3.63, 3.8) is 0 Å². The minimum absolute atomic E-state index is 0.0268. The zero-order valence-corrected chi connectivity index (χ0v) is 18.2. The zero-order valence-electron chi connectivity index (χ0n) is 18.2. The molecular formula is C23H33N3O4. The molecular weight excluding hydrogens is 382 g/mol. The van der Waals surface area contributed by atoms with Gasteiger partial charge in [0.05, 0.1) is 0 Å². The van der Waals surface area contributed by atoms with Crippen molar-refractivity contribution in [1.82, 2.24) is 9.80 Å². The third-order valence-corrected chi connectivity index (χ3v) is 5.71. The van der Waals surface area contributed by atoms with Gasteiger partial charge in [0.15, 0.2) is 0 Å². The number of anilines is 1. The first-order valence-electron chi connectivity index (χ1n) is 10.9. The Bertz CT molecular complexity index is 743. The first-order valence-corrected chi connectivity index (χ1v) is 10.9. The summed E-state index contributed by atoms with van der Waals surface area (Å²) in [6.07, 6.45) is 2.38. The maximum atomic E-state index is 12.9. The lowest BCUT2D eigenvalue weighted by atomic mass is 9.91. The molecule has 2 saturated heterocycles. The van der Waals surface area contributed by atoms with Gasteiger partial charge in [0.25, 0.3) is 0 Å². The SMILES string of the molecule is CC(C)(C)OC(=O)N1CCC(C(=O)N2CCC(C(=O)Nc3ccccc3)CC2)CC1. The van der Waals surface area contributed by atoms with E-state index < -0.39 is 5.60 Å². The van der Waals surface area contributed by atoms with Gasteiger partial charge >= 0.3 is 6.09 Å². The molecule has 7 heteroatoms. The van der Waals surface area contributed by atoms with Crippen LogP contribution in [0.3, 0.4) is 0 Å². The van der Waals surface area contributed by atoms with E-state index in [0.29, 0.717) is 51.9 Å². The normalized spacial score (nSPS) is 18.8. The van der Waals surface area contributed by atoms with E-state index in [2.05, 4.69) is 5.32 Å². The molecule has 0 bridgehead atoms. The fourth-order valence-corrected chi connectivity index (χ4v) is 4.02. The molecule has 164 valence electrons. The number of ether oxygens (including phenoxy) is 1. The summed E-state index contributed by atoms with van der Waals surface area (Å²) in [5.74, 6) is 0.0568. The number of nitrogens with one attached hydrogen (secondary N) is 1. The van der Waals surface area contributed by atoms with Crippen LogP contribution >= 0.6 is 0 Å². The molecule has 2 fully saturated rings. The van der Waals surface area contributed by atoms with Gasteiger partial charge in [0, 0.05) is 43.7 Å². The first-order chi connectivity index (χ1) is 14.2. The summed E-state index contributed by atoms with van der Waals surface area (Å²) < 4.78 is 5.42. The van der Waals surface area contributed by atoms with Crippen LogP contribution in [0.5, 0.6) is 0 Å². The van der Waals surface area contributed by atoms with E-state index in [1.54, 1.807) is 4.90 Å². The van der Waals surface area contributed by atoms with Crippen LogP contribution in [0, 0.1) is 11.8 Å². The van der Waals surface area contributed by atoms with Gasteiger partial charge in [-0.15, -0.1) is 0 Å². The van der Waals surface area contributed by atoms with Crippen LogP contribution < -0.4 is 5.32 Å². The molecule has 3 rings (SSSR count). The molecule has 2 aliphatic heterocycles. The quantitative estimate of drug-likeness (QED) is 0.819. The highest BCUT2D eigenvalue weighted by atomic mass is 16.6. The summed E-state index contributed by atoms with van der Waals surface area (Å²) in [6.45, 7) is 7.86. The molecule has 0 atom stereocenters. The van der Waals surface area contributed by atoms with Gasteiger partial charge in [0.2, 0.25) is 11.8 Å². The number of nitrogens with zero attached hydrogens (tertiary/aromatic N) is 2. The second kappa shape index (κ2) is 9.49. The lowest BCUT2D eigenvalue weighted by molar-refractivity contribution is -0.139. The van der Waals surface area contributed by atoms with E-state index in [-0.39, 0.29) is 29.7 Å². The molecule has 1 N–H and O–H groups in total. The van der Waals surface area contributed by atoms with Crippen LogP contribution in [0.4, 0.5) is 10.5 Å². The minimum Gasteiger partial charge on any atom is -0.444 e. The van der Waals surface area contributed by atoms with Crippen molar-refractivity contribution in [3.8, 4) is 0 Å². The molecule has 7 nitrogen and oxygen atoms in total. The molecule has 30 heavy (non-hydrogen) atoms. The highest BCUT2D eigenvalue weighted by molar-refractivity contribution is 5.92. The summed E-state index contributed by atoms with van der Waals surface area (Å²) in [4.78, 5) is 41.2. The van der Waals surface area contributed by atoms with E-state index >= 15 is 0 Å². The molecule has 1 aromatic carbocycles. The second-order valence-corrected chi connectivity index (χ2v) is 9.20. The van der Waals surface area contributed by atoms with Crippen LogP contribution in [0.25, 0.3) is 0 Å². The maximum Gasteiger partial charge on any atom is 0.410 e. The summed E-state index contributed by atoms with van der Waals surface area (Å²) >= 11 is 0. The predicted octanol–water partition coefficient (Wildman–Crippen LogP) is 3.51. The topological polar surface area (TPSA) is 79.0 Å². The fourth-order valence-electron chi connectivity index (χ4n) is 4.02. The number of amides is 3. The van der Waals surface area contributed by atoms with Crippen LogP contribution in [-0.2, 0) is 14.3 Å². The predicted molar refractivity (Wildman–Crippen MR) is 115 cm³/mol. The Hall–Kier alpha value is -2.57. The third kappa shape index (κ3) is 5.97. The van der Waals surface area contributed by atoms with E-state index in [1.165, 1.54) is 0 Å². The Morgan fingerprint density at radius 3 is 1.97 bits per heavy atom. The van der Waals surface area contributed by atoms with Gasteiger partial charge in [-0.3, -0.25) is 9.59 Å². The second-order valence-electron chi connectivity index (χ2n) is 9.20. The number of carbonyl (C=O) groups excluding carboxylic acids is 3. The van der Waals surface area contributed by atoms with Crippen molar-refractivity contribution >= 4 is 23.6 Å². The molecule has 0 aromatic heterocycles. The molecule has 2 heterocycles. The molecule has 0 radical (unpaired) electrons. The van der Waals surface area contributed by atoms with Crippen molar-refractivity contribution in [2.45, 2.75) is 52.1 Å². The number of likely N-dealkylation sites (tertiary alicyclic amines) is 2. The van der Waals surface area contributed by atoms with Gasteiger partial charge in [-0.1, -0.05) is 18.2 Å². The van der Waals surface area contributed by atoms with Crippen LogP contribution in [0.15, 0.2) is 30.3 Å². The largest absolute Gasteiger partial charge is 0.444 e. The number of piperidine rings is 2. The van der Waals surface area contributed by atoms with Crippen molar-refractivity contribution < 1.29 is 19.1 Å². The Morgan fingerprint density at radius 2 is 1.40 bits per heavy atom. The first kappa shape index (κ1) is 22.1. The summed E-state index contributed by atoms with van der Waals surface area (Å²) in [5.41, 5.74) is 0.290. The van der Waals surface area contributed by atoms with Crippen LogP contribution in [-0.4, -0.2) is 59.5 Å². The zero-order chi connectivity index (χ0) is 21.7. The average Bonchev–Trinajstić information content (AvgIpc) is 2.73. The van der Waals surface area contributed by atoms with Crippen LogP contribution in [0.2, 0.25) is 0 Å². The molecule has 1 aromatic rings. The fraction of sp³-hybridized carbons (Fsp3) is 0.609. The molecule has 2 aliphatic rings. The highest BCUT2D eigenvalue weighted by Gasteiger charge is 2.34. The standard InChI is InChI=1S/C23H33N3O4/c1-23(2,3)30-22(29)26-15-11-18(12-16-26)21(28)25-13-9-17(10-14-25)20(27)24-19-7-5-4-6-8-19/h4-8,17-18H,9-16H2,1-3H3,(H,24,27).